The van der Waals surface area contributed by atoms with Crippen molar-refractivity contribution in [3.05, 3.63) is 12.4 Å². The van der Waals surface area contributed by atoms with Crippen molar-refractivity contribution in [1.29, 1.82) is 0 Å². The highest BCUT2D eigenvalue weighted by Crippen LogP contribution is 2.22. The summed E-state index contributed by atoms with van der Waals surface area (Å²) >= 11 is 1.80. The Morgan fingerprint density at radius 2 is 2.06 bits per heavy atom. The molecule has 17 heavy (non-hydrogen) atoms. The zero-order valence-electron chi connectivity index (χ0n) is 10.6. The van der Waals surface area contributed by atoms with Gasteiger partial charge in [0.1, 0.15) is 17.2 Å². The van der Waals surface area contributed by atoms with Crippen LogP contribution in [-0.2, 0) is 0 Å². The predicted octanol–water partition coefficient (Wildman–Crippen LogP) is 1.73. The summed E-state index contributed by atoms with van der Waals surface area (Å²) in [6.07, 6.45) is 4.26. The second-order valence-corrected chi connectivity index (χ2v) is 5.68. The van der Waals surface area contributed by atoms with E-state index >= 15 is 0 Å². The fourth-order valence-electron chi connectivity index (χ4n) is 1.86. The minimum Gasteiger partial charge on any atom is -0.356 e. The molecule has 0 unspecified atom stereocenters. The smallest absolute Gasteiger partial charge is 0.133 e. The van der Waals surface area contributed by atoms with Crippen molar-refractivity contribution in [3.63, 3.8) is 0 Å². The number of rotatable bonds is 5. The zero-order chi connectivity index (χ0) is 12.1. The highest BCUT2D eigenvalue weighted by molar-refractivity contribution is 7.99. The third-order valence-electron chi connectivity index (χ3n) is 2.85. The molecule has 2 rings (SSSR count). The molecule has 0 amide bonds. The summed E-state index contributed by atoms with van der Waals surface area (Å²) < 4.78 is 0. The molecule has 0 atom stereocenters. The van der Waals surface area contributed by atoms with E-state index in [0.29, 0.717) is 0 Å². The fraction of sp³-hybridized carbons (Fsp3) is 0.667. The van der Waals surface area contributed by atoms with Crippen LogP contribution in [0.1, 0.15) is 12.8 Å². The maximum Gasteiger partial charge on any atom is 0.133 e. The van der Waals surface area contributed by atoms with Crippen LogP contribution in [0.2, 0.25) is 0 Å². The van der Waals surface area contributed by atoms with E-state index in [1.54, 1.807) is 18.1 Å². The van der Waals surface area contributed by atoms with Crippen molar-refractivity contribution in [2.24, 2.45) is 0 Å². The van der Waals surface area contributed by atoms with E-state index in [1.165, 1.54) is 12.8 Å². The average Bonchev–Trinajstić information content (AvgIpc) is 2.82. The van der Waals surface area contributed by atoms with Crippen LogP contribution in [0, 0.1) is 0 Å². The van der Waals surface area contributed by atoms with Crippen molar-refractivity contribution in [2.45, 2.75) is 17.9 Å². The second kappa shape index (κ2) is 6.21. The van der Waals surface area contributed by atoms with Crippen molar-refractivity contribution in [3.8, 4) is 0 Å². The summed E-state index contributed by atoms with van der Waals surface area (Å²) in [5.41, 5.74) is 0. The number of aromatic nitrogens is 2. The molecule has 2 heterocycles. The first-order valence-corrected chi connectivity index (χ1v) is 7.09. The van der Waals surface area contributed by atoms with Gasteiger partial charge in [0.2, 0.25) is 0 Å². The molecule has 0 aromatic carbocycles. The van der Waals surface area contributed by atoms with Gasteiger partial charge in [0.25, 0.3) is 0 Å². The molecule has 0 spiro atoms. The standard InChI is InChI=1S/C12H20N4S/c1-15(2)7-8-17-12-9-11(13-10-14-12)16-5-3-4-6-16/h9-10H,3-8H2,1-2H3. The van der Waals surface area contributed by atoms with Crippen molar-refractivity contribution < 1.29 is 0 Å². The van der Waals surface area contributed by atoms with E-state index in [1.807, 2.05) is 0 Å². The third kappa shape index (κ3) is 3.85. The molecule has 0 N–H and O–H groups in total. The van der Waals surface area contributed by atoms with E-state index in [4.69, 9.17) is 0 Å². The van der Waals surface area contributed by atoms with Gasteiger partial charge in [0.05, 0.1) is 0 Å². The summed E-state index contributed by atoms with van der Waals surface area (Å²) in [6, 6.07) is 2.12. The van der Waals surface area contributed by atoms with Gasteiger partial charge in [-0.25, -0.2) is 9.97 Å². The molecule has 1 saturated heterocycles. The maximum absolute atomic E-state index is 4.36. The number of thioether (sulfide) groups is 1. The molecule has 1 aliphatic rings. The molecular weight excluding hydrogens is 232 g/mol. The predicted molar refractivity (Wildman–Crippen MR) is 72.8 cm³/mol. The molecular formula is C12H20N4S. The number of nitrogens with zero attached hydrogens (tertiary/aromatic N) is 4. The van der Waals surface area contributed by atoms with Crippen LogP contribution in [0.25, 0.3) is 0 Å². The number of hydrogen-bond donors (Lipinski definition) is 0. The molecule has 94 valence electrons. The Morgan fingerprint density at radius 1 is 1.29 bits per heavy atom. The van der Waals surface area contributed by atoms with Gasteiger partial charge in [-0.15, -0.1) is 11.8 Å². The zero-order valence-corrected chi connectivity index (χ0v) is 11.4. The Kier molecular flexibility index (Phi) is 4.62. The van der Waals surface area contributed by atoms with Crippen LogP contribution in [0.3, 0.4) is 0 Å². The number of anilines is 1. The molecule has 0 saturated carbocycles. The lowest BCUT2D eigenvalue weighted by molar-refractivity contribution is 0.437. The topological polar surface area (TPSA) is 32.3 Å². The SMILES string of the molecule is CN(C)CCSc1cc(N2CCCC2)ncn1. The van der Waals surface area contributed by atoms with Gasteiger partial charge in [-0.1, -0.05) is 0 Å². The normalized spacial score (nSPS) is 15.8. The van der Waals surface area contributed by atoms with Gasteiger partial charge >= 0.3 is 0 Å². The number of hydrogen-bond acceptors (Lipinski definition) is 5. The van der Waals surface area contributed by atoms with E-state index < -0.39 is 0 Å². The minimum absolute atomic E-state index is 1.07. The molecule has 1 aromatic rings. The Balaban J connectivity index is 1.91. The van der Waals surface area contributed by atoms with Crippen LogP contribution < -0.4 is 4.90 Å². The van der Waals surface area contributed by atoms with Crippen molar-refractivity contribution >= 4 is 17.6 Å². The molecule has 1 aliphatic heterocycles. The summed E-state index contributed by atoms with van der Waals surface area (Å²) in [6.45, 7) is 3.35. The van der Waals surface area contributed by atoms with Crippen LogP contribution in [0.15, 0.2) is 17.4 Å². The van der Waals surface area contributed by atoms with Crippen molar-refractivity contribution in [2.75, 3.05) is 44.4 Å². The van der Waals surface area contributed by atoms with E-state index in [0.717, 1.165) is 36.2 Å². The average molecular weight is 252 g/mol. The minimum atomic E-state index is 1.07. The van der Waals surface area contributed by atoms with Gasteiger partial charge in [0.15, 0.2) is 0 Å². The molecule has 1 aromatic heterocycles. The Hall–Kier alpha value is -0.810. The Bertz CT molecular complexity index is 350. The van der Waals surface area contributed by atoms with E-state index in [9.17, 15) is 0 Å². The fourth-order valence-corrected chi connectivity index (χ4v) is 2.84. The molecule has 0 aliphatic carbocycles. The quantitative estimate of drug-likeness (QED) is 0.588. The van der Waals surface area contributed by atoms with Crippen LogP contribution in [0.4, 0.5) is 5.82 Å². The lowest BCUT2D eigenvalue weighted by Crippen LogP contribution is -2.19. The summed E-state index contributed by atoms with van der Waals surface area (Å²) in [5, 5.41) is 1.09. The van der Waals surface area contributed by atoms with E-state index in [2.05, 4.69) is 39.9 Å². The van der Waals surface area contributed by atoms with E-state index in [-0.39, 0.29) is 0 Å². The largest absolute Gasteiger partial charge is 0.356 e. The van der Waals surface area contributed by atoms with Gasteiger partial charge in [-0.05, 0) is 26.9 Å². The Labute approximate surface area is 107 Å². The van der Waals surface area contributed by atoms with Crippen LogP contribution in [-0.4, -0.2) is 54.4 Å². The van der Waals surface area contributed by atoms with Crippen LogP contribution >= 0.6 is 11.8 Å². The first kappa shape index (κ1) is 12.6. The molecule has 5 heteroatoms. The highest BCUT2D eigenvalue weighted by atomic mass is 32.2. The third-order valence-corrected chi connectivity index (χ3v) is 3.75. The second-order valence-electron chi connectivity index (χ2n) is 4.56. The highest BCUT2D eigenvalue weighted by Gasteiger charge is 2.13. The summed E-state index contributed by atoms with van der Waals surface area (Å²) in [5.74, 6) is 2.16. The molecule has 0 radical (unpaired) electrons. The monoisotopic (exact) mass is 252 g/mol. The maximum atomic E-state index is 4.36. The van der Waals surface area contributed by atoms with Crippen LogP contribution in [0.5, 0.6) is 0 Å². The summed E-state index contributed by atoms with van der Waals surface area (Å²) in [4.78, 5) is 13.2. The first-order chi connectivity index (χ1) is 8.25. The van der Waals surface area contributed by atoms with Gasteiger partial charge < -0.3 is 9.80 Å². The van der Waals surface area contributed by atoms with Gasteiger partial charge in [0, 0.05) is 31.5 Å². The van der Waals surface area contributed by atoms with Gasteiger partial charge in [-0.2, -0.15) is 0 Å². The molecule has 1 fully saturated rings. The lowest BCUT2D eigenvalue weighted by Gasteiger charge is -2.16. The summed E-state index contributed by atoms with van der Waals surface area (Å²) in [7, 11) is 4.19. The molecule has 4 nitrogen and oxygen atoms in total. The Morgan fingerprint density at radius 3 is 2.76 bits per heavy atom. The van der Waals surface area contributed by atoms with Crippen molar-refractivity contribution in [1.82, 2.24) is 14.9 Å². The lowest BCUT2D eigenvalue weighted by atomic mass is 10.4. The molecule has 0 bridgehead atoms. The van der Waals surface area contributed by atoms with Gasteiger partial charge in [-0.3, -0.25) is 0 Å². The first-order valence-electron chi connectivity index (χ1n) is 6.10.